The van der Waals surface area contributed by atoms with Crippen molar-refractivity contribution in [2.75, 3.05) is 5.32 Å². The fourth-order valence-electron chi connectivity index (χ4n) is 1.01. The lowest BCUT2D eigenvalue weighted by atomic mass is 10.2. The first-order chi connectivity index (χ1) is 6.27. The molecule has 0 unspecified atom stereocenters. The fourth-order valence-corrected chi connectivity index (χ4v) is 1.01. The number of pyridine rings is 1. The van der Waals surface area contributed by atoms with Crippen LogP contribution in [0.4, 0.5) is 5.69 Å². The Labute approximate surface area is 74.2 Å². The minimum Gasteiger partial charge on any atom is -0.443 e. The summed E-state index contributed by atoms with van der Waals surface area (Å²) in [5, 5.41) is 2.88. The number of ether oxygens (including phenoxy) is 1. The van der Waals surface area contributed by atoms with E-state index in [-0.39, 0.29) is 0 Å². The van der Waals surface area contributed by atoms with E-state index in [1.54, 1.807) is 12.3 Å². The van der Waals surface area contributed by atoms with Gasteiger partial charge in [0.05, 0.1) is 5.56 Å². The van der Waals surface area contributed by atoms with E-state index in [1.807, 2.05) is 0 Å². The van der Waals surface area contributed by atoms with Crippen molar-refractivity contribution in [2.45, 2.75) is 0 Å². The van der Waals surface area contributed by atoms with Gasteiger partial charge < -0.3 is 15.8 Å². The Kier molecular flexibility index (Phi) is 1.63. The maximum absolute atomic E-state index is 10.8. The van der Waals surface area contributed by atoms with E-state index < -0.39 is 5.91 Å². The van der Waals surface area contributed by atoms with Gasteiger partial charge in [-0.2, -0.15) is 0 Å². The van der Waals surface area contributed by atoms with E-state index in [0.717, 1.165) is 0 Å². The van der Waals surface area contributed by atoms with Gasteiger partial charge in [-0.3, -0.25) is 4.79 Å². The molecular weight excluding hydrogens is 170 g/mol. The number of nitrogens with two attached hydrogens (primary N) is 1. The van der Waals surface area contributed by atoms with Crippen LogP contribution in [0.2, 0.25) is 0 Å². The Hall–Kier alpha value is -2.04. The van der Waals surface area contributed by atoms with Crippen molar-refractivity contribution in [3.05, 3.63) is 30.3 Å². The number of rotatable bonds is 1. The van der Waals surface area contributed by atoms with Gasteiger partial charge in [-0.25, -0.2) is 4.98 Å². The standard InChI is InChI=1S/C8H7N3O2/c9-7(12)5-3-6-8(11-4-5)13-2-1-10-6/h1-4,10H,(H2,9,12). The minimum absolute atomic E-state index is 0.352. The van der Waals surface area contributed by atoms with Crippen LogP contribution < -0.4 is 15.8 Å². The monoisotopic (exact) mass is 177 g/mol. The molecule has 66 valence electrons. The number of hydrogen-bond donors (Lipinski definition) is 2. The van der Waals surface area contributed by atoms with Gasteiger partial charge in [0, 0.05) is 12.4 Å². The van der Waals surface area contributed by atoms with Crippen LogP contribution in [0.1, 0.15) is 10.4 Å². The lowest BCUT2D eigenvalue weighted by Crippen LogP contribution is -2.12. The summed E-state index contributed by atoms with van der Waals surface area (Å²) in [5.74, 6) is -0.0702. The van der Waals surface area contributed by atoms with Crippen molar-refractivity contribution >= 4 is 11.6 Å². The molecule has 0 spiro atoms. The van der Waals surface area contributed by atoms with Gasteiger partial charge in [0.2, 0.25) is 11.8 Å². The number of primary amides is 1. The molecule has 1 amide bonds. The second-order valence-corrected chi connectivity index (χ2v) is 2.51. The molecule has 0 fully saturated rings. The predicted octanol–water partition coefficient (Wildman–Crippen LogP) is 0.456. The zero-order valence-electron chi connectivity index (χ0n) is 6.65. The van der Waals surface area contributed by atoms with Crippen LogP contribution >= 0.6 is 0 Å². The molecular formula is C8H7N3O2. The largest absolute Gasteiger partial charge is 0.443 e. The summed E-state index contributed by atoms with van der Waals surface area (Å²) >= 11 is 0. The van der Waals surface area contributed by atoms with E-state index in [2.05, 4.69) is 10.3 Å². The van der Waals surface area contributed by atoms with Gasteiger partial charge >= 0.3 is 0 Å². The number of nitrogens with one attached hydrogen (secondary N) is 1. The molecule has 1 aromatic rings. The summed E-state index contributed by atoms with van der Waals surface area (Å²) in [6, 6.07) is 1.59. The summed E-state index contributed by atoms with van der Waals surface area (Å²) in [7, 11) is 0. The molecule has 0 saturated carbocycles. The molecule has 5 heteroatoms. The van der Waals surface area contributed by atoms with E-state index in [4.69, 9.17) is 10.5 Å². The van der Waals surface area contributed by atoms with Gasteiger partial charge in [-0.1, -0.05) is 0 Å². The number of carbonyl (C=O) groups is 1. The van der Waals surface area contributed by atoms with Crippen LogP contribution in [0.3, 0.4) is 0 Å². The Morgan fingerprint density at radius 3 is 3.23 bits per heavy atom. The number of carbonyl (C=O) groups excluding carboxylic acids is 1. The lowest BCUT2D eigenvalue weighted by Gasteiger charge is -2.11. The van der Waals surface area contributed by atoms with Gasteiger partial charge in [0.15, 0.2) is 0 Å². The number of hydrogen-bond acceptors (Lipinski definition) is 4. The SMILES string of the molecule is NC(=O)c1cnc2c(c1)NC=CO2. The van der Waals surface area contributed by atoms with Crippen molar-refractivity contribution in [2.24, 2.45) is 5.73 Å². The third-order valence-corrected chi connectivity index (χ3v) is 1.62. The van der Waals surface area contributed by atoms with Crippen molar-refractivity contribution in [3.8, 4) is 5.88 Å². The van der Waals surface area contributed by atoms with Crippen LogP contribution in [0.15, 0.2) is 24.7 Å². The summed E-state index contributed by atoms with van der Waals surface area (Å²) in [4.78, 5) is 14.7. The third kappa shape index (κ3) is 1.31. The zero-order chi connectivity index (χ0) is 9.26. The molecule has 0 atom stereocenters. The molecule has 0 radical (unpaired) electrons. The van der Waals surface area contributed by atoms with E-state index in [0.29, 0.717) is 17.1 Å². The second kappa shape index (κ2) is 2.78. The van der Waals surface area contributed by atoms with E-state index in [1.165, 1.54) is 12.5 Å². The lowest BCUT2D eigenvalue weighted by molar-refractivity contribution is 0.1000. The van der Waals surface area contributed by atoms with Crippen molar-refractivity contribution < 1.29 is 9.53 Å². The average Bonchev–Trinajstić information content (AvgIpc) is 2.17. The van der Waals surface area contributed by atoms with Crippen LogP contribution in [0.5, 0.6) is 5.88 Å². The van der Waals surface area contributed by atoms with Crippen molar-refractivity contribution in [3.63, 3.8) is 0 Å². The zero-order valence-corrected chi connectivity index (χ0v) is 6.65. The second-order valence-electron chi connectivity index (χ2n) is 2.51. The number of amides is 1. The Morgan fingerprint density at radius 2 is 2.46 bits per heavy atom. The Bertz CT molecular complexity index is 387. The molecule has 0 saturated heterocycles. The molecule has 1 aliphatic rings. The molecule has 0 aliphatic carbocycles. The maximum Gasteiger partial charge on any atom is 0.250 e. The fraction of sp³-hybridized carbons (Fsp3) is 0. The molecule has 1 aromatic heterocycles. The first-order valence-electron chi connectivity index (χ1n) is 3.65. The number of fused-ring (bicyclic) bond motifs is 1. The number of anilines is 1. The summed E-state index contributed by atoms with van der Waals surface area (Å²) in [6.07, 6.45) is 4.45. The smallest absolute Gasteiger partial charge is 0.250 e. The first kappa shape index (κ1) is 7.60. The highest BCUT2D eigenvalue weighted by molar-refractivity contribution is 5.93. The topological polar surface area (TPSA) is 77.2 Å². The van der Waals surface area contributed by atoms with E-state index >= 15 is 0 Å². The molecule has 2 rings (SSSR count). The van der Waals surface area contributed by atoms with Gasteiger partial charge in [-0.15, -0.1) is 0 Å². The quantitative estimate of drug-likeness (QED) is 0.653. The normalized spacial score (nSPS) is 12.6. The van der Waals surface area contributed by atoms with Crippen molar-refractivity contribution in [1.82, 2.24) is 4.98 Å². The highest BCUT2D eigenvalue weighted by Crippen LogP contribution is 2.24. The van der Waals surface area contributed by atoms with Crippen LogP contribution in [-0.2, 0) is 0 Å². The van der Waals surface area contributed by atoms with E-state index in [9.17, 15) is 4.79 Å². The summed E-state index contributed by atoms with van der Waals surface area (Å²) in [6.45, 7) is 0. The number of nitrogens with zero attached hydrogens (tertiary/aromatic N) is 1. The first-order valence-corrected chi connectivity index (χ1v) is 3.65. The third-order valence-electron chi connectivity index (χ3n) is 1.62. The summed E-state index contributed by atoms with van der Waals surface area (Å²) in [5.41, 5.74) is 6.07. The Balaban J connectivity index is 2.44. The molecule has 0 bridgehead atoms. The maximum atomic E-state index is 10.8. The highest BCUT2D eigenvalue weighted by Gasteiger charge is 2.10. The van der Waals surface area contributed by atoms with Crippen LogP contribution in [0, 0.1) is 0 Å². The minimum atomic E-state index is -0.508. The molecule has 3 N–H and O–H groups in total. The van der Waals surface area contributed by atoms with Crippen LogP contribution in [-0.4, -0.2) is 10.9 Å². The molecule has 1 aliphatic heterocycles. The van der Waals surface area contributed by atoms with Crippen molar-refractivity contribution in [1.29, 1.82) is 0 Å². The number of aromatic nitrogens is 1. The van der Waals surface area contributed by atoms with Gasteiger partial charge in [0.25, 0.3) is 0 Å². The van der Waals surface area contributed by atoms with Gasteiger partial charge in [-0.05, 0) is 6.07 Å². The van der Waals surface area contributed by atoms with Crippen LogP contribution in [0.25, 0.3) is 0 Å². The molecule has 13 heavy (non-hydrogen) atoms. The molecule has 5 nitrogen and oxygen atoms in total. The molecule has 2 heterocycles. The molecule has 0 aromatic carbocycles. The average molecular weight is 177 g/mol. The predicted molar refractivity (Wildman–Crippen MR) is 46.1 cm³/mol. The Morgan fingerprint density at radius 1 is 1.62 bits per heavy atom. The highest BCUT2D eigenvalue weighted by atomic mass is 16.5. The van der Waals surface area contributed by atoms with Gasteiger partial charge in [0.1, 0.15) is 11.9 Å². The summed E-state index contributed by atoms with van der Waals surface area (Å²) < 4.78 is 5.05.